The van der Waals surface area contributed by atoms with Crippen molar-refractivity contribution in [2.75, 3.05) is 19.7 Å². The standard InChI is InChI=1S/C23H21N5O2/c1-16-3-2-4-18(13-16)23(29)27-11-12-30-21(15-27)22-20-6-5-19(14-28(20)26-25-22)17-7-9-24-10-8-17/h2-10,13-14,21H,11-12,15H2,1H3/t21-/m0/s1. The number of amides is 1. The molecule has 1 aliphatic rings. The molecule has 0 radical (unpaired) electrons. The third-order valence-electron chi connectivity index (χ3n) is 5.38. The van der Waals surface area contributed by atoms with Crippen molar-refractivity contribution < 1.29 is 9.53 Å². The summed E-state index contributed by atoms with van der Waals surface area (Å²) in [4.78, 5) is 18.9. The molecule has 3 aromatic heterocycles. The predicted molar refractivity (Wildman–Crippen MR) is 112 cm³/mol. The fraction of sp³-hybridized carbons (Fsp3) is 0.217. The Bertz CT molecular complexity index is 1200. The topological polar surface area (TPSA) is 72.6 Å². The summed E-state index contributed by atoms with van der Waals surface area (Å²) >= 11 is 0. The molecule has 1 fully saturated rings. The summed E-state index contributed by atoms with van der Waals surface area (Å²) in [5, 5.41) is 8.66. The van der Waals surface area contributed by atoms with Crippen molar-refractivity contribution in [3.8, 4) is 11.1 Å². The number of benzene rings is 1. The molecule has 1 saturated heterocycles. The van der Waals surface area contributed by atoms with Crippen molar-refractivity contribution in [1.29, 1.82) is 0 Å². The number of aromatic nitrogens is 4. The lowest BCUT2D eigenvalue weighted by atomic mass is 10.1. The van der Waals surface area contributed by atoms with Gasteiger partial charge in [0, 0.05) is 36.3 Å². The molecule has 0 aliphatic carbocycles. The van der Waals surface area contributed by atoms with E-state index in [1.165, 1.54) is 0 Å². The smallest absolute Gasteiger partial charge is 0.254 e. The van der Waals surface area contributed by atoms with Crippen molar-refractivity contribution in [3.05, 3.63) is 83.9 Å². The molecule has 150 valence electrons. The van der Waals surface area contributed by atoms with Crippen LogP contribution >= 0.6 is 0 Å². The summed E-state index contributed by atoms with van der Waals surface area (Å²) in [5.41, 5.74) is 5.49. The first kappa shape index (κ1) is 18.4. The van der Waals surface area contributed by atoms with Gasteiger partial charge >= 0.3 is 0 Å². The Morgan fingerprint density at radius 3 is 2.80 bits per heavy atom. The summed E-state index contributed by atoms with van der Waals surface area (Å²) in [7, 11) is 0. The van der Waals surface area contributed by atoms with Gasteiger partial charge in [-0.15, -0.1) is 5.10 Å². The molecular formula is C23H21N5O2. The minimum atomic E-state index is -0.309. The van der Waals surface area contributed by atoms with Crippen LogP contribution in [0.5, 0.6) is 0 Å². The van der Waals surface area contributed by atoms with Crippen LogP contribution in [0, 0.1) is 6.92 Å². The van der Waals surface area contributed by atoms with E-state index in [2.05, 4.69) is 15.3 Å². The Labute approximate surface area is 173 Å². The average Bonchev–Trinajstić information content (AvgIpc) is 3.22. The van der Waals surface area contributed by atoms with Crippen molar-refractivity contribution in [3.63, 3.8) is 0 Å². The van der Waals surface area contributed by atoms with E-state index in [0.29, 0.717) is 25.3 Å². The molecule has 0 unspecified atom stereocenters. The van der Waals surface area contributed by atoms with Crippen LogP contribution in [0.3, 0.4) is 0 Å². The number of ether oxygens (including phenoxy) is 1. The van der Waals surface area contributed by atoms with Crippen LogP contribution in [0.15, 0.2) is 67.1 Å². The van der Waals surface area contributed by atoms with E-state index in [1.807, 2.05) is 66.6 Å². The van der Waals surface area contributed by atoms with E-state index < -0.39 is 0 Å². The zero-order valence-electron chi connectivity index (χ0n) is 16.6. The van der Waals surface area contributed by atoms with Gasteiger partial charge in [-0.1, -0.05) is 29.0 Å². The number of morpholine rings is 1. The SMILES string of the molecule is Cc1cccc(C(=O)N2CCO[C@H](c3nnn4cc(-c5ccncc5)ccc34)C2)c1. The van der Waals surface area contributed by atoms with Gasteiger partial charge in [-0.05, 0) is 42.8 Å². The fourth-order valence-corrected chi connectivity index (χ4v) is 3.82. The molecule has 1 amide bonds. The number of rotatable bonds is 3. The molecule has 0 spiro atoms. The number of hydrogen-bond donors (Lipinski definition) is 0. The minimum Gasteiger partial charge on any atom is -0.368 e. The van der Waals surface area contributed by atoms with Crippen molar-refractivity contribution in [2.24, 2.45) is 0 Å². The molecule has 1 atom stereocenters. The van der Waals surface area contributed by atoms with Gasteiger partial charge in [-0.2, -0.15) is 0 Å². The molecular weight excluding hydrogens is 378 g/mol. The maximum absolute atomic E-state index is 13.0. The third kappa shape index (κ3) is 3.44. The lowest BCUT2D eigenvalue weighted by Crippen LogP contribution is -2.42. The van der Waals surface area contributed by atoms with E-state index >= 15 is 0 Å². The number of carbonyl (C=O) groups excluding carboxylic acids is 1. The molecule has 4 aromatic rings. The first-order valence-corrected chi connectivity index (χ1v) is 9.92. The van der Waals surface area contributed by atoms with Crippen LogP contribution in [0.4, 0.5) is 0 Å². The second-order valence-corrected chi connectivity index (χ2v) is 7.44. The molecule has 7 nitrogen and oxygen atoms in total. The van der Waals surface area contributed by atoms with Gasteiger partial charge in [-0.25, -0.2) is 4.52 Å². The van der Waals surface area contributed by atoms with Crippen LogP contribution in [0.25, 0.3) is 16.6 Å². The molecule has 30 heavy (non-hydrogen) atoms. The van der Waals surface area contributed by atoms with E-state index in [9.17, 15) is 4.79 Å². The maximum atomic E-state index is 13.0. The second kappa shape index (κ2) is 7.68. The molecule has 5 rings (SSSR count). The van der Waals surface area contributed by atoms with Crippen LogP contribution in [0.2, 0.25) is 0 Å². The Kier molecular flexibility index (Phi) is 4.72. The van der Waals surface area contributed by atoms with Gasteiger partial charge in [0.15, 0.2) is 0 Å². The van der Waals surface area contributed by atoms with Gasteiger partial charge in [0.25, 0.3) is 5.91 Å². The van der Waals surface area contributed by atoms with Crippen molar-refractivity contribution in [2.45, 2.75) is 13.0 Å². The van der Waals surface area contributed by atoms with Gasteiger partial charge in [0.2, 0.25) is 0 Å². The average molecular weight is 399 g/mol. The fourth-order valence-electron chi connectivity index (χ4n) is 3.82. The van der Waals surface area contributed by atoms with Crippen molar-refractivity contribution in [1.82, 2.24) is 24.7 Å². The predicted octanol–water partition coefficient (Wildman–Crippen LogP) is 3.31. The minimum absolute atomic E-state index is 0.0171. The quantitative estimate of drug-likeness (QED) is 0.528. The number of carbonyl (C=O) groups is 1. The first-order chi connectivity index (χ1) is 14.7. The summed E-state index contributed by atoms with van der Waals surface area (Å²) in [6, 6.07) is 15.6. The Morgan fingerprint density at radius 1 is 1.10 bits per heavy atom. The van der Waals surface area contributed by atoms with Crippen LogP contribution in [0.1, 0.15) is 27.7 Å². The molecule has 1 aromatic carbocycles. The number of nitrogens with zero attached hydrogens (tertiary/aromatic N) is 5. The zero-order chi connectivity index (χ0) is 20.5. The van der Waals surface area contributed by atoms with Crippen molar-refractivity contribution >= 4 is 11.4 Å². The highest BCUT2D eigenvalue weighted by atomic mass is 16.5. The first-order valence-electron chi connectivity index (χ1n) is 9.92. The largest absolute Gasteiger partial charge is 0.368 e. The van der Waals surface area contributed by atoms with Gasteiger partial charge < -0.3 is 9.64 Å². The van der Waals surface area contributed by atoms with Crippen LogP contribution in [-0.4, -0.2) is 50.3 Å². The molecule has 1 aliphatic heterocycles. The number of pyridine rings is 2. The van der Waals surface area contributed by atoms with Gasteiger partial charge in [0.1, 0.15) is 11.8 Å². The summed E-state index contributed by atoms with van der Waals surface area (Å²) in [6.45, 7) is 3.47. The maximum Gasteiger partial charge on any atom is 0.254 e. The molecule has 0 N–H and O–H groups in total. The highest BCUT2D eigenvalue weighted by Gasteiger charge is 2.29. The van der Waals surface area contributed by atoms with E-state index in [1.54, 1.807) is 16.9 Å². The highest BCUT2D eigenvalue weighted by Crippen LogP contribution is 2.27. The number of aryl methyl sites for hydroxylation is 1. The van der Waals surface area contributed by atoms with Gasteiger partial charge in [0.05, 0.1) is 18.7 Å². The zero-order valence-corrected chi connectivity index (χ0v) is 16.6. The lowest BCUT2D eigenvalue weighted by molar-refractivity contribution is -0.0241. The van der Waals surface area contributed by atoms with E-state index in [0.717, 1.165) is 27.9 Å². The normalized spacial score (nSPS) is 16.7. The highest BCUT2D eigenvalue weighted by molar-refractivity contribution is 5.94. The number of fused-ring (bicyclic) bond motifs is 1. The Hall–Kier alpha value is -3.58. The number of hydrogen-bond acceptors (Lipinski definition) is 5. The molecule has 4 heterocycles. The second-order valence-electron chi connectivity index (χ2n) is 7.44. The summed E-state index contributed by atoms with van der Waals surface area (Å²) in [6.07, 6.45) is 5.17. The van der Waals surface area contributed by atoms with Crippen LogP contribution < -0.4 is 0 Å². The summed E-state index contributed by atoms with van der Waals surface area (Å²) < 4.78 is 7.73. The van der Waals surface area contributed by atoms with E-state index in [4.69, 9.17) is 4.74 Å². The van der Waals surface area contributed by atoms with E-state index in [-0.39, 0.29) is 12.0 Å². The molecule has 0 bridgehead atoms. The van der Waals surface area contributed by atoms with Crippen LogP contribution in [-0.2, 0) is 4.74 Å². The van der Waals surface area contributed by atoms with Gasteiger partial charge in [-0.3, -0.25) is 9.78 Å². The Morgan fingerprint density at radius 2 is 1.97 bits per heavy atom. The monoisotopic (exact) mass is 399 g/mol. The molecule has 7 heteroatoms. The molecule has 0 saturated carbocycles. The lowest BCUT2D eigenvalue weighted by Gasteiger charge is -2.32. The summed E-state index contributed by atoms with van der Waals surface area (Å²) in [5.74, 6) is 0.0171. The Balaban J connectivity index is 1.40. The third-order valence-corrected chi connectivity index (χ3v) is 5.38.